The predicted octanol–water partition coefficient (Wildman–Crippen LogP) is 3.24. The van der Waals surface area contributed by atoms with Gasteiger partial charge in [0.15, 0.2) is 0 Å². The van der Waals surface area contributed by atoms with E-state index in [0.29, 0.717) is 11.9 Å². The Hall–Kier alpha value is -2.56. The van der Waals surface area contributed by atoms with Gasteiger partial charge in [-0.3, -0.25) is 14.3 Å². The standard InChI is InChI=1S/C17H16FN3O/c1-3-14(16-11(2)6-5-9-19-16)21-10-20-13-8-4-7-12(18)15(13)17(21)22/h4-10,14H,3H2,1-2H3. The highest BCUT2D eigenvalue weighted by Crippen LogP contribution is 2.22. The smallest absolute Gasteiger partial charge is 0.264 e. The third kappa shape index (κ3) is 2.28. The topological polar surface area (TPSA) is 47.8 Å². The van der Waals surface area contributed by atoms with E-state index in [1.54, 1.807) is 18.3 Å². The minimum Gasteiger partial charge on any atom is -0.289 e. The van der Waals surface area contributed by atoms with Gasteiger partial charge in [-0.05, 0) is 37.1 Å². The molecular formula is C17H16FN3O. The lowest BCUT2D eigenvalue weighted by atomic mass is 10.1. The molecular weight excluding hydrogens is 281 g/mol. The number of benzene rings is 1. The second kappa shape index (κ2) is 5.67. The third-order valence-electron chi connectivity index (χ3n) is 3.85. The fourth-order valence-electron chi connectivity index (χ4n) is 2.73. The average Bonchev–Trinajstić information content (AvgIpc) is 2.52. The molecule has 0 radical (unpaired) electrons. The van der Waals surface area contributed by atoms with Crippen molar-refractivity contribution in [1.29, 1.82) is 0 Å². The van der Waals surface area contributed by atoms with E-state index in [0.717, 1.165) is 11.3 Å². The second-order valence-electron chi connectivity index (χ2n) is 5.22. The molecule has 0 aliphatic carbocycles. The summed E-state index contributed by atoms with van der Waals surface area (Å²) in [6.07, 6.45) is 3.84. The fourth-order valence-corrected chi connectivity index (χ4v) is 2.73. The van der Waals surface area contributed by atoms with E-state index in [1.807, 2.05) is 26.0 Å². The third-order valence-corrected chi connectivity index (χ3v) is 3.85. The summed E-state index contributed by atoms with van der Waals surface area (Å²) in [4.78, 5) is 21.3. The van der Waals surface area contributed by atoms with Gasteiger partial charge < -0.3 is 0 Å². The van der Waals surface area contributed by atoms with Crippen molar-refractivity contribution < 1.29 is 4.39 Å². The van der Waals surface area contributed by atoms with Gasteiger partial charge in [-0.15, -0.1) is 0 Å². The first-order chi connectivity index (χ1) is 10.6. The van der Waals surface area contributed by atoms with Crippen LogP contribution in [0.5, 0.6) is 0 Å². The van der Waals surface area contributed by atoms with Gasteiger partial charge in [0.25, 0.3) is 5.56 Å². The fraction of sp³-hybridized carbons (Fsp3) is 0.235. The van der Waals surface area contributed by atoms with Crippen LogP contribution in [0.3, 0.4) is 0 Å². The van der Waals surface area contributed by atoms with Crippen LogP contribution < -0.4 is 5.56 Å². The van der Waals surface area contributed by atoms with Gasteiger partial charge >= 0.3 is 0 Å². The molecule has 1 unspecified atom stereocenters. The van der Waals surface area contributed by atoms with Crippen molar-refractivity contribution in [3.05, 3.63) is 70.3 Å². The first-order valence-corrected chi connectivity index (χ1v) is 7.20. The van der Waals surface area contributed by atoms with E-state index < -0.39 is 5.82 Å². The predicted molar refractivity (Wildman–Crippen MR) is 83.4 cm³/mol. The van der Waals surface area contributed by atoms with E-state index >= 15 is 0 Å². The highest BCUT2D eigenvalue weighted by atomic mass is 19.1. The van der Waals surface area contributed by atoms with Crippen LogP contribution >= 0.6 is 0 Å². The SMILES string of the molecule is CCC(c1ncccc1C)n1cnc2cccc(F)c2c1=O. The molecule has 0 spiro atoms. The maximum atomic E-state index is 14.0. The lowest BCUT2D eigenvalue weighted by Gasteiger charge is -2.19. The summed E-state index contributed by atoms with van der Waals surface area (Å²) in [6.45, 7) is 3.92. The molecule has 3 rings (SSSR count). The molecule has 2 heterocycles. The molecule has 0 aliphatic rings. The number of halogens is 1. The van der Waals surface area contributed by atoms with Crippen molar-refractivity contribution in [3.8, 4) is 0 Å². The van der Waals surface area contributed by atoms with Gasteiger partial charge in [-0.25, -0.2) is 9.37 Å². The molecule has 0 N–H and O–H groups in total. The highest BCUT2D eigenvalue weighted by Gasteiger charge is 2.19. The van der Waals surface area contributed by atoms with Gasteiger partial charge in [0.2, 0.25) is 0 Å². The van der Waals surface area contributed by atoms with Crippen LogP contribution in [0.2, 0.25) is 0 Å². The van der Waals surface area contributed by atoms with Crippen molar-refractivity contribution in [2.75, 3.05) is 0 Å². The Labute approximate surface area is 127 Å². The highest BCUT2D eigenvalue weighted by molar-refractivity contribution is 5.77. The number of rotatable bonds is 3. The Bertz CT molecular complexity index is 888. The molecule has 0 saturated carbocycles. The van der Waals surface area contributed by atoms with Crippen LogP contribution in [0.1, 0.15) is 30.6 Å². The number of pyridine rings is 1. The number of hydrogen-bond donors (Lipinski definition) is 0. The zero-order valence-corrected chi connectivity index (χ0v) is 12.5. The summed E-state index contributed by atoms with van der Waals surface area (Å²) in [5.74, 6) is -0.544. The van der Waals surface area contributed by atoms with Crippen LogP contribution in [-0.2, 0) is 0 Å². The van der Waals surface area contributed by atoms with Crippen LogP contribution in [0.25, 0.3) is 10.9 Å². The number of aryl methyl sites for hydroxylation is 1. The van der Waals surface area contributed by atoms with Gasteiger partial charge in [0.1, 0.15) is 11.2 Å². The Kier molecular flexibility index (Phi) is 3.71. The molecule has 1 aromatic carbocycles. The van der Waals surface area contributed by atoms with Gasteiger partial charge in [0, 0.05) is 6.20 Å². The van der Waals surface area contributed by atoms with Crippen LogP contribution in [0, 0.1) is 12.7 Å². The number of nitrogens with zero attached hydrogens (tertiary/aromatic N) is 3. The van der Waals surface area contributed by atoms with Crippen molar-refractivity contribution in [3.63, 3.8) is 0 Å². The molecule has 0 bridgehead atoms. The minimum absolute atomic E-state index is 0.0250. The molecule has 0 saturated heterocycles. The quantitative estimate of drug-likeness (QED) is 0.745. The molecule has 3 aromatic rings. The van der Waals surface area contributed by atoms with Crippen molar-refractivity contribution in [2.24, 2.45) is 0 Å². The molecule has 2 aromatic heterocycles. The lowest BCUT2D eigenvalue weighted by Crippen LogP contribution is -2.27. The Balaban J connectivity index is 2.25. The van der Waals surface area contributed by atoms with E-state index in [-0.39, 0.29) is 17.0 Å². The van der Waals surface area contributed by atoms with Gasteiger partial charge in [-0.2, -0.15) is 0 Å². The monoisotopic (exact) mass is 297 g/mol. The van der Waals surface area contributed by atoms with Crippen molar-refractivity contribution in [1.82, 2.24) is 14.5 Å². The van der Waals surface area contributed by atoms with Crippen LogP contribution in [0.15, 0.2) is 47.7 Å². The van der Waals surface area contributed by atoms with Crippen molar-refractivity contribution >= 4 is 10.9 Å². The number of aromatic nitrogens is 3. The second-order valence-corrected chi connectivity index (χ2v) is 5.22. The van der Waals surface area contributed by atoms with Gasteiger partial charge in [-0.1, -0.05) is 19.1 Å². The Morgan fingerprint density at radius 2 is 2.05 bits per heavy atom. The summed E-state index contributed by atoms with van der Waals surface area (Å²) in [6, 6.07) is 8.01. The van der Waals surface area contributed by atoms with Gasteiger partial charge in [0.05, 0.1) is 23.6 Å². The summed E-state index contributed by atoms with van der Waals surface area (Å²) in [5.41, 5.74) is 1.80. The summed E-state index contributed by atoms with van der Waals surface area (Å²) >= 11 is 0. The number of fused-ring (bicyclic) bond motifs is 1. The Morgan fingerprint density at radius 3 is 2.77 bits per heavy atom. The average molecular weight is 297 g/mol. The van der Waals surface area contributed by atoms with Crippen LogP contribution in [-0.4, -0.2) is 14.5 Å². The van der Waals surface area contributed by atoms with E-state index in [1.165, 1.54) is 17.0 Å². The maximum absolute atomic E-state index is 14.0. The zero-order valence-electron chi connectivity index (χ0n) is 12.5. The minimum atomic E-state index is -0.544. The van der Waals surface area contributed by atoms with E-state index in [2.05, 4.69) is 9.97 Å². The zero-order chi connectivity index (χ0) is 15.7. The molecule has 22 heavy (non-hydrogen) atoms. The normalized spacial score (nSPS) is 12.5. The first kappa shape index (κ1) is 14.4. The summed E-state index contributed by atoms with van der Waals surface area (Å²) in [5, 5.41) is 0.0250. The summed E-state index contributed by atoms with van der Waals surface area (Å²) < 4.78 is 15.5. The first-order valence-electron chi connectivity index (χ1n) is 7.20. The molecule has 0 fully saturated rings. The lowest BCUT2D eigenvalue weighted by molar-refractivity contribution is 0.526. The van der Waals surface area contributed by atoms with E-state index in [9.17, 15) is 9.18 Å². The molecule has 0 aliphatic heterocycles. The molecule has 112 valence electrons. The largest absolute Gasteiger partial charge is 0.289 e. The molecule has 1 atom stereocenters. The van der Waals surface area contributed by atoms with Crippen molar-refractivity contribution in [2.45, 2.75) is 26.3 Å². The Morgan fingerprint density at radius 1 is 1.23 bits per heavy atom. The summed E-state index contributed by atoms with van der Waals surface area (Å²) in [7, 11) is 0. The molecule has 5 heteroatoms. The maximum Gasteiger partial charge on any atom is 0.264 e. The van der Waals surface area contributed by atoms with E-state index in [4.69, 9.17) is 0 Å². The number of hydrogen-bond acceptors (Lipinski definition) is 3. The molecule has 0 amide bonds. The van der Waals surface area contributed by atoms with Crippen LogP contribution in [0.4, 0.5) is 4.39 Å². The molecule has 4 nitrogen and oxygen atoms in total.